The molecule has 0 amide bonds. The van der Waals surface area contributed by atoms with Gasteiger partial charge in [0, 0.05) is 27.4 Å². The van der Waals surface area contributed by atoms with Gasteiger partial charge in [-0.25, -0.2) is 4.98 Å². The number of pyridine rings is 1. The molecule has 0 bridgehead atoms. The Bertz CT molecular complexity index is 1790. The number of rotatable bonds is 3. The molecule has 5 nitrogen and oxygen atoms in total. The van der Waals surface area contributed by atoms with Gasteiger partial charge >= 0.3 is 0 Å². The summed E-state index contributed by atoms with van der Waals surface area (Å²) >= 11 is 0. The zero-order valence-electron chi connectivity index (χ0n) is 21.8. The summed E-state index contributed by atoms with van der Waals surface area (Å²) in [6, 6.07) is 27.9. The fraction of sp³-hybridized carbons (Fsp3) is 0.219. The number of hydrogen-bond donors (Lipinski definition) is 1. The third-order valence-electron chi connectivity index (χ3n) is 7.99. The number of furan rings is 1. The number of fused-ring (bicyclic) bond motifs is 5. The minimum absolute atomic E-state index is 0.0775. The highest BCUT2D eigenvalue weighted by Gasteiger charge is 2.44. The number of para-hydroxylation sites is 3. The van der Waals surface area contributed by atoms with Gasteiger partial charge in [0.25, 0.3) is 0 Å². The van der Waals surface area contributed by atoms with E-state index in [0.717, 1.165) is 33.4 Å². The first kappa shape index (κ1) is 22.0. The van der Waals surface area contributed by atoms with Gasteiger partial charge in [0.05, 0.1) is 16.9 Å². The third-order valence-corrected chi connectivity index (χ3v) is 7.99. The number of nitrogens with zero attached hydrogens (tertiary/aromatic N) is 3. The van der Waals surface area contributed by atoms with Crippen molar-refractivity contribution in [2.45, 2.75) is 46.3 Å². The second-order valence-corrected chi connectivity index (χ2v) is 10.7. The summed E-state index contributed by atoms with van der Waals surface area (Å²) in [5, 5.41) is 3.44. The van der Waals surface area contributed by atoms with E-state index >= 15 is 0 Å². The van der Waals surface area contributed by atoms with Gasteiger partial charge in [0.1, 0.15) is 17.6 Å². The maximum Gasteiger partial charge on any atom is 0.227 e. The molecule has 0 saturated heterocycles. The van der Waals surface area contributed by atoms with E-state index in [2.05, 4.69) is 121 Å². The molecule has 7 rings (SSSR count). The van der Waals surface area contributed by atoms with Crippen molar-refractivity contribution < 1.29 is 4.42 Å². The van der Waals surface area contributed by atoms with Crippen LogP contribution in [0.1, 0.15) is 37.6 Å². The summed E-state index contributed by atoms with van der Waals surface area (Å²) in [6.07, 6.45) is 0.0775. The van der Waals surface area contributed by atoms with E-state index in [9.17, 15) is 0 Å². The Balaban J connectivity index is 1.44. The van der Waals surface area contributed by atoms with E-state index in [4.69, 9.17) is 9.40 Å². The highest BCUT2D eigenvalue weighted by atomic mass is 16.3. The van der Waals surface area contributed by atoms with E-state index in [0.29, 0.717) is 5.71 Å². The van der Waals surface area contributed by atoms with E-state index < -0.39 is 0 Å². The van der Waals surface area contributed by atoms with Crippen molar-refractivity contribution in [1.82, 2.24) is 9.97 Å². The average Bonchev–Trinajstić information content (AvgIpc) is 3.53. The molecule has 184 valence electrons. The summed E-state index contributed by atoms with van der Waals surface area (Å²) in [5.41, 5.74) is 8.28. The van der Waals surface area contributed by atoms with Crippen LogP contribution >= 0.6 is 0 Å². The predicted molar refractivity (Wildman–Crippen MR) is 153 cm³/mol. The molecule has 3 aromatic carbocycles. The Morgan fingerprint density at radius 3 is 2.46 bits per heavy atom. The lowest BCUT2D eigenvalue weighted by Crippen LogP contribution is -2.49. The molecule has 0 radical (unpaired) electrons. The molecule has 0 spiro atoms. The van der Waals surface area contributed by atoms with Gasteiger partial charge in [-0.2, -0.15) is 0 Å². The first-order valence-electron chi connectivity index (χ1n) is 12.9. The van der Waals surface area contributed by atoms with E-state index in [1.807, 2.05) is 6.92 Å². The van der Waals surface area contributed by atoms with Gasteiger partial charge in [0.15, 0.2) is 0 Å². The molecular weight excluding hydrogens is 456 g/mol. The number of nitrogens with one attached hydrogen (secondary N) is 1. The lowest BCUT2D eigenvalue weighted by molar-refractivity contribution is 0.449. The number of hydrogen-bond acceptors (Lipinski definition) is 4. The van der Waals surface area contributed by atoms with Gasteiger partial charge in [-0.05, 0) is 88.2 Å². The Labute approximate surface area is 216 Å². The maximum absolute atomic E-state index is 6.26. The standard InChI is InChI=1S/C32H30N4O/c1-19-14-17-27-29(23-16-15-20(2)33-31(23)37-27)30(19)32(4,5)36-21(3)35(25-12-8-9-13-26(25)36)28-18-22-10-6-7-11-24(22)34-28/h6-18,21,34H,1-5H3/t21-/m1/s1. The lowest BCUT2D eigenvalue weighted by atomic mass is 9.84. The second kappa shape index (κ2) is 7.62. The summed E-state index contributed by atoms with van der Waals surface area (Å²) in [4.78, 5) is 13.3. The lowest BCUT2D eigenvalue weighted by Gasteiger charge is -2.43. The summed E-state index contributed by atoms with van der Waals surface area (Å²) in [7, 11) is 0. The molecule has 0 fully saturated rings. The van der Waals surface area contributed by atoms with Crippen LogP contribution < -0.4 is 9.80 Å². The smallest absolute Gasteiger partial charge is 0.227 e. The van der Waals surface area contributed by atoms with Crippen molar-refractivity contribution in [1.29, 1.82) is 0 Å². The first-order chi connectivity index (χ1) is 17.8. The fourth-order valence-electron chi connectivity index (χ4n) is 6.53. The van der Waals surface area contributed by atoms with Crippen LogP contribution in [0.25, 0.3) is 33.0 Å². The quantitative estimate of drug-likeness (QED) is 0.273. The zero-order chi connectivity index (χ0) is 25.5. The molecule has 6 aromatic rings. The van der Waals surface area contributed by atoms with Crippen LogP contribution in [0.15, 0.2) is 83.3 Å². The normalized spacial score (nSPS) is 15.9. The molecule has 0 saturated carbocycles. The Morgan fingerprint density at radius 1 is 0.892 bits per heavy atom. The molecular formula is C32H30N4O. The largest absolute Gasteiger partial charge is 0.438 e. The van der Waals surface area contributed by atoms with E-state index in [1.165, 1.54) is 27.9 Å². The predicted octanol–water partition coefficient (Wildman–Crippen LogP) is 8.32. The summed E-state index contributed by atoms with van der Waals surface area (Å²) < 4.78 is 6.26. The number of H-pyrrole nitrogens is 1. The number of aromatic amines is 1. The minimum atomic E-state index is -0.346. The third kappa shape index (κ3) is 3.07. The Kier molecular flexibility index (Phi) is 4.53. The number of aromatic nitrogens is 2. The van der Waals surface area contributed by atoms with Gasteiger partial charge in [-0.1, -0.05) is 36.4 Å². The Morgan fingerprint density at radius 2 is 1.65 bits per heavy atom. The van der Waals surface area contributed by atoms with Crippen molar-refractivity contribution in [2.24, 2.45) is 0 Å². The number of aryl methyl sites for hydroxylation is 2. The highest BCUT2D eigenvalue weighted by molar-refractivity contribution is 6.07. The summed E-state index contributed by atoms with van der Waals surface area (Å²) in [6.45, 7) is 11.2. The topological polar surface area (TPSA) is 48.3 Å². The second-order valence-electron chi connectivity index (χ2n) is 10.7. The van der Waals surface area contributed by atoms with Crippen LogP contribution in [0.4, 0.5) is 17.2 Å². The molecule has 3 aromatic heterocycles. The first-order valence-corrected chi connectivity index (χ1v) is 12.9. The summed E-state index contributed by atoms with van der Waals surface area (Å²) in [5.74, 6) is 1.10. The number of anilines is 3. The Hall–Kier alpha value is -4.25. The number of benzene rings is 3. The van der Waals surface area contributed by atoms with Gasteiger partial charge in [0.2, 0.25) is 5.71 Å². The van der Waals surface area contributed by atoms with Gasteiger partial charge in [-0.3, -0.25) is 0 Å². The van der Waals surface area contributed by atoms with Crippen molar-refractivity contribution in [3.05, 3.63) is 95.7 Å². The van der Waals surface area contributed by atoms with Gasteiger partial charge < -0.3 is 19.2 Å². The molecule has 0 unspecified atom stereocenters. The minimum Gasteiger partial charge on any atom is -0.438 e. The van der Waals surface area contributed by atoms with Crippen molar-refractivity contribution in [3.63, 3.8) is 0 Å². The molecule has 1 aliphatic rings. The van der Waals surface area contributed by atoms with Crippen molar-refractivity contribution >= 4 is 50.2 Å². The van der Waals surface area contributed by atoms with E-state index in [-0.39, 0.29) is 11.7 Å². The molecule has 0 aliphatic carbocycles. The van der Waals surface area contributed by atoms with Crippen LogP contribution in [-0.2, 0) is 5.54 Å². The molecule has 37 heavy (non-hydrogen) atoms. The zero-order valence-corrected chi connectivity index (χ0v) is 21.8. The van der Waals surface area contributed by atoms with Gasteiger partial charge in [-0.15, -0.1) is 0 Å². The van der Waals surface area contributed by atoms with Crippen LogP contribution in [-0.4, -0.2) is 16.1 Å². The van der Waals surface area contributed by atoms with E-state index in [1.54, 1.807) is 0 Å². The maximum atomic E-state index is 6.26. The monoisotopic (exact) mass is 486 g/mol. The van der Waals surface area contributed by atoms with Crippen LogP contribution in [0.2, 0.25) is 0 Å². The fourth-order valence-corrected chi connectivity index (χ4v) is 6.53. The van der Waals surface area contributed by atoms with Crippen LogP contribution in [0.3, 0.4) is 0 Å². The molecule has 1 N–H and O–H groups in total. The highest BCUT2D eigenvalue weighted by Crippen LogP contribution is 2.51. The van der Waals surface area contributed by atoms with Crippen molar-refractivity contribution in [2.75, 3.05) is 9.80 Å². The molecule has 5 heteroatoms. The average molecular weight is 487 g/mol. The van der Waals surface area contributed by atoms with Crippen LogP contribution in [0.5, 0.6) is 0 Å². The SMILES string of the molecule is Cc1ccc2c(n1)oc1ccc(C)c(C(C)(C)N3c4ccccc4N(c4cc5ccccc5[nH]4)[C@H]3C)c12. The van der Waals surface area contributed by atoms with Crippen LogP contribution in [0, 0.1) is 13.8 Å². The molecule has 1 aliphatic heterocycles. The van der Waals surface area contributed by atoms with Crippen molar-refractivity contribution in [3.8, 4) is 0 Å². The molecule has 1 atom stereocenters. The molecule has 4 heterocycles.